The standard InChI is InChI=1S/C26H34Cl2N6O4S/c1-24(2,3)19-10-11-26(39-19,33(23(29)37)18-9-7-8-17(27)20(18)28)22(36)34(15-16-14-32(6)31-38-16)13-12-30-21(35)25(34,4)5/h7-10,14,31H,11-13,15H2,1-6H3,(H2-,29,30,35,37)/p+1. The summed E-state index contributed by atoms with van der Waals surface area (Å²) in [5.41, 5.74) is 7.45. The van der Waals surface area contributed by atoms with Crippen molar-refractivity contribution in [3.63, 3.8) is 0 Å². The first-order valence-electron chi connectivity index (χ1n) is 12.6. The summed E-state index contributed by atoms with van der Waals surface area (Å²) in [6.07, 6.45) is 3.85. The number of nitrogens with one attached hydrogen (secondary N) is 2. The van der Waals surface area contributed by atoms with Crippen molar-refractivity contribution in [3.05, 3.63) is 51.2 Å². The van der Waals surface area contributed by atoms with Crippen LogP contribution in [0, 0.1) is 5.41 Å². The molecule has 2 atom stereocenters. The second-order valence-corrected chi connectivity index (χ2v) is 13.6. The molecule has 3 heterocycles. The minimum atomic E-state index is -1.56. The van der Waals surface area contributed by atoms with Gasteiger partial charge in [-0.1, -0.05) is 73.5 Å². The van der Waals surface area contributed by atoms with Gasteiger partial charge in [0.2, 0.25) is 4.87 Å². The van der Waals surface area contributed by atoms with E-state index in [1.54, 1.807) is 50.3 Å². The minimum Gasteiger partial charge on any atom is -0.386 e. The highest BCUT2D eigenvalue weighted by molar-refractivity contribution is 8.05. The predicted molar refractivity (Wildman–Crippen MR) is 153 cm³/mol. The number of carbonyl (C=O) groups is 3. The van der Waals surface area contributed by atoms with Gasteiger partial charge < -0.3 is 15.9 Å². The van der Waals surface area contributed by atoms with Gasteiger partial charge >= 0.3 is 11.9 Å². The second kappa shape index (κ2) is 10.2. The summed E-state index contributed by atoms with van der Waals surface area (Å²) < 4.78 is -0.319. The van der Waals surface area contributed by atoms with Gasteiger partial charge in [0.05, 0.1) is 28.5 Å². The Morgan fingerprint density at radius 3 is 2.54 bits per heavy atom. The molecule has 3 aliphatic heterocycles. The largest absolute Gasteiger partial charge is 0.386 e. The molecule has 212 valence electrons. The van der Waals surface area contributed by atoms with Crippen LogP contribution >= 0.6 is 35.0 Å². The lowest BCUT2D eigenvalue weighted by atomic mass is 9.90. The van der Waals surface area contributed by atoms with Gasteiger partial charge in [0.25, 0.3) is 5.91 Å². The average molecular weight is 599 g/mol. The number of allylic oxidation sites excluding steroid dienone is 1. The van der Waals surface area contributed by atoms with Gasteiger partial charge in [-0.15, -0.1) is 0 Å². The van der Waals surface area contributed by atoms with Gasteiger partial charge in [-0.2, -0.15) is 0 Å². The third-order valence-electron chi connectivity index (χ3n) is 7.55. The zero-order chi connectivity index (χ0) is 29.0. The van der Waals surface area contributed by atoms with Crippen molar-refractivity contribution in [2.75, 3.05) is 31.6 Å². The van der Waals surface area contributed by atoms with Crippen LogP contribution in [0.2, 0.25) is 10.0 Å². The number of halogens is 2. The number of rotatable bonds is 5. The molecule has 10 nitrogen and oxygen atoms in total. The Morgan fingerprint density at radius 1 is 1.28 bits per heavy atom. The molecule has 4 N–H and O–H groups in total. The van der Waals surface area contributed by atoms with Crippen LogP contribution in [-0.2, 0) is 14.4 Å². The van der Waals surface area contributed by atoms with Gasteiger partial charge in [0.1, 0.15) is 13.1 Å². The van der Waals surface area contributed by atoms with Gasteiger partial charge in [0, 0.05) is 27.3 Å². The number of carbonyl (C=O) groups excluding carboxylic acids is 3. The topological polar surface area (TPSA) is 117 Å². The molecule has 0 aromatic heterocycles. The fourth-order valence-corrected chi connectivity index (χ4v) is 7.23. The van der Waals surface area contributed by atoms with E-state index < -0.39 is 16.4 Å². The number of quaternary nitrogens is 1. The summed E-state index contributed by atoms with van der Waals surface area (Å²) in [7, 11) is 1.76. The molecule has 1 aromatic carbocycles. The number of nitrogens with zero attached hydrogens (tertiary/aromatic N) is 3. The highest BCUT2D eigenvalue weighted by Gasteiger charge is 2.67. The maximum atomic E-state index is 15.4. The lowest BCUT2D eigenvalue weighted by molar-refractivity contribution is -0.892. The lowest BCUT2D eigenvalue weighted by Gasteiger charge is -2.53. The smallest absolute Gasteiger partial charge is 0.352 e. The predicted octanol–water partition coefficient (Wildman–Crippen LogP) is 4.12. The SMILES string of the molecule is CN1C=C(C[N+]2(C(=O)C3(N(C(N)=O)c4cccc(Cl)c4Cl)CC=C(C(C)(C)C)S3)CCNC(=O)C2(C)C)ON1. The first kappa shape index (κ1) is 29.5. The van der Waals surface area contributed by atoms with Crippen LogP contribution in [0.3, 0.4) is 0 Å². The quantitative estimate of drug-likeness (QED) is 0.437. The van der Waals surface area contributed by atoms with E-state index in [1.807, 2.05) is 26.8 Å². The summed E-state index contributed by atoms with van der Waals surface area (Å²) in [6, 6.07) is 4.00. The number of amides is 4. The third kappa shape index (κ3) is 4.88. The summed E-state index contributed by atoms with van der Waals surface area (Å²) in [4.78, 5) is 48.3. The minimum absolute atomic E-state index is 0.0691. The van der Waals surface area contributed by atoms with Crippen molar-refractivity contribution in [1.82, 2.24) is 15.9 Å². The Hall–Kier alpha value is -2.44. The second-order valence-electron chi connectivity index (χ2n) is 11.5. The van der Waals surface area contributed by atoms with Crippen molar-refractivity contribution >= 4 is 58.5 Å². The number of hydrogen-bond acceptors (Lipinski definition) is 7. The fourth-order valence-electron chi connectivity index (χ4n) is 5.30. The molecule has 0 radical (unpaired) electrons. The molecule has 4 rings (SSSR count). The van der Waals surface area contributed by atoms with E-state index in [0.29, 0.717) is 5.76 Å². The molecule has 0 bridgehead atoms. The molecule has 0 saturated carbocycles. The number of anilines is 1. The summed E-state index contributed by atoms with van der Waals surface area (Å²) in [6.45, 7) is 10.2. The van der Waals surface area contributed by atoms with Crippen molar-refractivity contribution in [2.45, 2.75) is 51.4 Å². The number of hydrazine groups is 1. The van der Waals surface area contributed by atoms with Crippen LogP contribution in [-0.4, -0.2) is 64.4 Å². The van der Waals surface area contributed by atoms with Crippen LogP contribution in [0.4, 0.5) is 10.5 Å². The molecule has 4 amide bonds. The Bertz CT molecular complexity index is 1280. The number of primary amides is 1. The molecule has 0 aliphatic carbocycles. The fraction of sp³-hybridized carbons (Fsp3) is 0.500. The number of piperazine rings is 1. The Balaban J connectivity index is 1.97. The molecule has 1 fully saturated rings. The lowest BCUT2D eigenvalue weighted by Crippen LogP contribution is -2.80. The van der Waals surface area contributed by atoms with Crippen LogP contribution in [0.15, 0.2) is 41.1 Å². The highest BCUT2D eigenvalue weighted by atomic mass is 35.5. The summed E-state index contributed by atoms with van der Waals surface area (Å²) in [5, 5.41) is 4.83. The Morgan fingerprint density at radius 2 is 1.97 bits per heavy atom. The molecular formula is C26H35Cl2N6O4S+. The Labute approximate surface area is 243 Å². The van der Waals surface area contributed by atoms with Crippen LogP contribution in [0.25, 0.3) is 0 Å². The van der Waals surface area contributed by atoms with Crippen molar-refractivity contribution < 1.29 is 23.7 Å². The number of hydrogen-bond donors (Lipinski definition) is 3. The summed E-state index contributed by atoms with van der Waals surface area (Å²) in [5.74, 6) is -0.172. The van der Waals surface area contributed by atoms with E-state index in [4.69, 9.17) is 33.8 Å². The molecule has 1 saturated heterocycles. The number of urea groups is 1. The maximum absolute atomic E-state index is 15.4. The molecule has 13 heteroatoms. The van der Waals surface area contributed by atoms with Gasteiger partial charge in [0.15, 0.2) is 11.3 Å². The monoisotopic (exact) mass is 597 g/mol. The average Bonchev–Trinajstić information content (AvgIpc) is 3.46. The summed E-state index contributed by atoms with van der Waals surface area (Å²) >= 11 is 14.3. The molecule has 0 spiro atoms. The number of nitrogens with two attached hydrogens (primary N) is 1. The van der Waals surface area contributed by atoms with Gasteiger partial charge in [-0.3, -0.25) is 14.7 Å². The van der Waals surface area contributed by atoms with E-state index >= 15 is 4.79 Å². The Kier molecular flexibility index (Phi) is 7.72. The first-order valence-corrected chi connectivity index (χ1v) is 14.1. The first-order chi connectivity index (χ1) is 18.1. The van der Waals surface area contributed by atoms with Crippen molar-refractivity contribution in [2.24, 2.45) is 11.1 Å². The van der Waals surface area contributed by atoms with E-state index in [2.05, 4.69) is 10.9 Å². The number of benzene rings is 1. The van der Waals surface area contributed by atoms with Crippen LogP contribution in [0.1, 0.15) is 41.0 Å². The zero-order valence-corrected chi connectivity index (χ0v) is 25.3. The van der Waals surface area contributed by atoms with E-state index in [-0.39, 0.29) is 63.5 Å². The molecular weight excluding hydrogens is 563 g/mol. The highest BCUT2D eigenvalue weighted by Crippen LogP contribution is 2.55. The van der Waals surface area contributed by atoms with Crippen LogP contribution < -0.4 is 21.5 Å². The zero-order valence-electron chi connectivity index (χ0n) is 22.9. The van der Waals surface area contributed by atoms with Gasteiger partial charge in [-0.05, 0) is 22.5 Å². The van der Waals surface area contributed by atoms with E-state index in [9.17, 15) is 9.59 Å². The molecule has 39 heavy (non-hydrogen) atoms. The normalized spacial score (nSPS) is 26.5. The number of thioether (sulfide) groups is 1. The van der Waals surface area contributed by atoms with Crippen LogP contribution in [0.5, 0.6) is 0 Å². The van der Waals surface area contributed by atoms with Crippen molar-refractivity contribution in [1.29, 1.82) is 0 Å². The van der Waals surface area contributed by atoms with Crippen molar-refractivity contribution in [3.8, 4) is 0 Å². The maximum Gasteiger partial charge on any atom is 0.352 e. The van der Waals surface area contributed by atoms with E-state index in [0.717, 1.165) is 4.91 Å². The molecule has 1 aromatic rings. The third-order valence-corrected chi connectivity index (χ3v) is 10.2. The molecule has 3 aliphatic rings. The van der Waals surface area contributed by atoms with Gasteiger partial charge in [-0.25, -0.2) is 14.1 Å². The van der Waals surface area contributed by atoms with E-state index in [1.165, 1.54) is 16.7 Å². The molecule has 2 unspecified atom stereocenters.